The smallest absolute Gasteiger partial charge is 0.354 e. The van der Waals surface area contributed by atoms with E-state index < -0.39 is 5.97 Å². The Kier molecular flexibility index (Phi) is 5.53. The lowest BCUT2D eigenvalue weighted by molar-refractivity contribution is 0.0690. The number of nitrogens with zero attached hydrogens (tertiary/aromatic N) is 1. The van der Waals surface area contributed by atoms with Gasteiger partial charge in [-0.15, -0.1) is 0 Å². The van der Waals surface area contributed by atoms with Crippen molar-refractivity contribution in [3.05, 3.63) is 29.6 Å². The summed E-state index contributed by atoms with van der Waals surface area (Å²) in [6, 6.07) is 5.14. The van der Waals surface area contributed by atoms with E-state index in [1.165, 1.54) is 38.2 Å². The zero-order valence-electron chi connectivity index (χ0n) is 12.1. The topological polar surface area (TPSA) is 62.2 Å². The van der Waals surface area contributed by atoms with E-state index in [9.17, 15) is 4.79 Å². The van der Waals surface area contributed by atoms with E-state index >= 15 is 0 Å². The molecule has 1 saturated carbocycles. The molecule has 4 nitrogen and oxygen atoms in total. The monoisotopic (exact) mass is 276 g/mol. The standard InChI is InChI=1S/C16H24N2O2/c1-2-12-6-8-13(9-7-12)10-17-11-14-4-3-5-15(18-14)16(19)20/h3-5,12-13,17H,2,6-11H2,1H3,(H,19,20). The first-order chi connectivity index (χ1) is 9.69. The van der Waals surface area contributed by atoms with Crippen molar-refractivity contribution < 1.29 is 9.90 Å². The quantitative estimate of drug-likeness (QED) is 0.838. The molecular formula is C16H24N2O2. The third-order valence-electron chi connectivity index (χ3n) is 4.31. The number of pyridine rings is 1. The SMILES string of the molecule is CCC1CCC(CNCc2cccc(C(=O)O)n2)CC1. The summed E-state index contributed by atoms with van der Waals surface area (Å²) in [5, 5.41) is 12.3. The Labute approximate surface area is 120 Å². The fourth-order valence-electron chi connectivity index (χ4n) is 2.95. The van der Waals surface area contributed by atoms with Gasteiger partial charge in [-0.2, -0.15) is 0 Å². The van der Waals surface area contributed by atoms with E-state index in [-0.39, 0.29) is 5.69 Å². The largest absolute Gasteiger partial charge is 0.477 e. The summed E-state index contributed by atoms with van der Waals surface area (Å²) < 4.78 is 0. The normalized spacial score (nSPS) is 22.6. The fourth-order valence-corrected chi connectivity index (χ4v) is 2.95. The Morgan fingerprint density at radius 2 is 2.00 bits per heavy atom. The predicted octanol–water partition coefficient (Wildman–Crippen LogP) is 3.09. The zero-order chi connectivity index (χ0) is 14.4. The molecule has 0 spiro atoms. The summed E-state index contributed by atoms with van der Waals surface area (Å²) in [4.78, 5) is 15.0. The number of hydrogen-bond donors (Lipinski definition) is 2. The number of carboxylic acid groups (broad SMARTS) is 1. The van der Waals surface area contributed by atoms with Crippen LogP contribution in [0.1, 0.15) is 55.2 Å². The van der Waals surface area contributed by atoms with Gasteiger partial charge in [-0.25, -0.2) is 9.78 Å². The lowest BCUT2D eigenvalue weighted by Crippen LogP contribution is -2.26. The van der Waals surface area contributed by atoms with Gasteiger partial charge in [0.1, 0.15) is 5.69 Å². The minimum Gasteiger partial charge on any atom is -0.477 e. The predicted molar refractivity (Wildman–Crippen MR) is 78.6 cm³/mol. The van der Waals surface area contributed by atoms with Crippen molar-refractivity contribution in [3.8, 4) is 0 Å². The summed E-state index contributed by atoms with van der Waals surface area (Å²) in [6.45, 7) is 3.94. The first-order valence-corrected chi connectivity index (χ1v) is 7.59. The Morgan fingerprint density at radius 1 is 1.30 bits per heavy atom. The highest BCUT2D eigenvalue weighted by Gasteiger charge is 2.19. The van der Waals surface area contributed by atoms with Gasteiger partial charge in [0.15, 0.2) is 0 Å². The van der Waals surface area contributed by atoms with Crippen molar-refractivity contribution in [2.24, 2.45) is 11.8 Å². The van der Waals surface area contributed by atoms with Gasteiger partial charge in [0, 0.05) is 6.54 Å². The number of hydrogen-bond acceptors (Lipinski definition) is 3. The Hall–Kier alpha value is -1.42. The summed E-state index contributed by atoms with van der Waals surface area (Å²) in [7, 11) is 0. The maximum Gasteiger partial charge on any atom is 0.354 e. The second-order valence-electron chi connectivity index (χ2n) is 5.75. The van der Waals surface area contributed by atoms with Crippen LogP contribution in [0.5, 0.6) is 0 Å². The molecule has 110 valence electrons. The van der Waals surface area contributed by atoms with Crippen LogP contribution in [0.2, 0.25) is 0 Å². The molecule has 2 rings (SSSR count). The highest BCUT2D eigenvalue weighted by atomic mass is 16.4. The molecule has 0 saturated heterocycles. The Balaban J connectivity index is 1.73. The van der Waals surface area contributed by atoms with Crippen molar-refractivity contribution in [1.82, 2.24) is 10.3 Å². The van der Waals surface area contributed by atoms with Crippen LogP contribution in [0.15, 0.2) is 18.2 Å². The van der Waals surface area contributed by atoms with Crippen molar-refractivity contribution in [2.75, 3.05) is 6.54 Å². The van der Waals surface area contributed by atoms with Gasteiger partial charge in [-0.1, -0.05) is 32.3 Å². The third kappa shape index (κ3) is 4.30. The van der Waals surface area contributed by atoms with Gasteiger partial charge in [0.05, 0.1) is 5.69 Å². The minimum atomic E-state index is -0.968. The van der Waals surface area contributed by atoms with E-state index in [1.54, 1.807) is 6.07 Å². The summed E-state index contributed by atoms with van der Waals surface area (Å²) in [5.41, 5.74) is 0.917. The molecule has 0 aromatic carbocycles. The second kappa shape index (κ2) is 7.39. The minimum absolute atomic E-state index is 0.118. The summed E-state index contributed by atoms with van der Waals surface area (Å²) in [5.74, 6) is 0.727. The maximum absolute atomic E-state index is 10.9. The van der Waals surface area contributed by atoms with Gasteiger partial charge in [-0.05, 0) is 43.4 Å². The van der Waals surface area contributed by atoms with Gasteiger partial charge < -0.3 is 10.4 Å². The highest BCUT2D eigenvalue weighted by molar-refractivity contribution is 5.85. The van der Waals surface area contributed by atoms with Crippen LogP contribution in [0.4, 0.5) is 0 Å². The van der Waals surface area contributed by atoms with Gasteiger partial charge in [-0.3, -0.25) is 0 Å². The van der Waals surface area contributed by atoms with Crippen molar-refractivity contribution >= 4 is 5.97 Å². The molecular weight excluding hydrogens is 252 g/mol. The molecule has 1 heterocycles. The van der Waals surface area contributed by atoms with Crippen LogP contribution >= 0.6 is 0 Å². The zero-order valence-corrected chi connectivity index (χ0v) is 12.1. The van der Waals surface area contributed by atoms with Crippen molar-refractivity contribution in [3.63, 3.8) is 0 Å². The van der Waals surface area contributed by atoms with Crippen LogP contribution in [-0.2, 0) is 6.54 Å². The number of aromatic nitrogens is 1. The molecule has 0 radical (unpaired) electrons. The molecule has 0 bridgehead atoms. The molecule has 1 fully saturated rings. The third-order valence-corrected chi connectivity index (χ3v) is 4.31. The highest BCUT2D eigenvalue weighted by Crippen LogP contribution is 2.30. The van der Waals surface area contributed by atoms with Gasteiger partial charge in [0.2, 0.25) is 0 Å². The molecule has 1 aliphatic carbocycles. The average Bonchev–Trinajstić information content (AvgIpc) is 2.48. The first kappa shape index (κ1) is 15.0. The van der Waals surface area contributed by atoms with Crippen molar-refractivity contribution in [2.45, 2.75) is 45.6 Å². The molecule has 4 heteroatoms. The first-order valence-electron chi connectivity index (χ1n) is 7.59. The fraction of sp³-hybridized carbons (Fsp3) is 0.625. The number of carbonyl (C=O) groups is 1. The number of aromatic carboxylic acids is 1. The van der Waals surface area contributed by atoms with Gasteiger partial charge >= 0.3 is 5.97 Å². The maximum atomic E-state index is 10.9. The second-order valence-corrected chi connectivity index (χ2v) is 5.75. The van der Waals surface area contributed by atoms with E-state index in [0.29, 0.717) is 6.54 Å². The average molecular weight is 276 g/mol. The van der Waals surface area contributed by atoms with E-state index in [0.717, 1.165) is 24.1 Å². The molecule has 0 atom stereocenters. The lowest BCUT2D eigenvalue weighted by atomic mass is 9.81. The van der Waals surface area contributed by atoms with E-state index in [1.807, 2.05) is 6.07 Å². The van der Waals surface area contributed by atoms with E-state index in [2.05, 4.69) is 17.2 Å². The van der Waals surface area contributed by atoms with Crippen LogP contribution in [0, 0.1) is 11.8 Å². The Morgan fingerprint density at radius 3 is 2.65 bits per heavy atom. The molecule has 1 aliphatic rings. The number of carboxylic acids is 1. The van der Waals surface area contributed by atoms with Gasteiger partial charge in [0.25, 0.3) is 0 Å². The Bertz CT molecular complexity index is 440. The number of rotatable bonds is 6. The van der Waals surface area contributed by atoms with Crippen LogP contribution in [0.25, 0.3) is 0 Å². The van der Waals surface area contributed by atoms with E-state index in [4.69, 9.17) is 5.11 Å². The molecule has 0 unspecified atom stereocenters. The number of nitrogens with one attached hydrogen (secondary N) is 1. The summed E-state index contributed by atoms with van der Waals surface area (Å²) >= 11 is 0. The molecule has 1 aromatic heterocycles. The molecule has 20 heavy (non-hydrogen) atoms. The van der Waals surface area contributed by atoms with Crippen LogP contribution in [0.3, 0.4) is 0 Å². The summed E-state index contributed by atoms with van der Waals surface area (Å²) in [6.07, 6.45) is 6.65. The molecule has 1 aromatic rings. The van der Waals surface area contributed by atoms with Crippen LogP contribution in [-0.4, -0.2) is 22.6 Å². The molecule has 0 aliphatic heterocycles. The van der Waals surface area contributed by atoms with Crippen molar-refractivity contribution in [1.29, 1.82) is 0 Å². The molecule has 2 N–H and O–H groups in total. The van der Waals surface area contributed by atoms with Crippen LogP contribution < -0.4 is 5.32 Å². The lowest BCUT2D eigenvalue weighted by Gasteiger charge is -2.27. The molecule has 0 amide bonds.